The molecule has 114 valence electrons. The molecule has 0 aromatic carbocycles. The number of hydrogen-bond donors (Lipinski definition) is 2. The summed E-state index contributed by atoms with van der Waals surface area (Å²) in [6, 6.07) is 0.129. The van der Waals surface area contributed by atoms with Gasteiger partial charge in [0.1, 0.15) is 0 Å². The molecule has 0 radical (unpaired) electrons. The molecule has 2 aliphatic heterocycles. The largest absolute Gasteiger partial charge is 0.379 e. The number of nitrogens with one attached hydrogen (secondary N) is 2. The molecule has 0 bridgehead atoms. The standard InChI is InChI=1S/C14H25N3O3/c1-3-16-12-9-20-8-11(12)14(19)17-6-4-10(5-7-17)13(18)15-2/h10-12,16H,3-9H2,1-2H3,(H,15,18). The number of amides is 2. The summed E-state index contributed by atoms with van der Waals surface area (Å²) >= 11 is 0. The first-order valence-electron chi connectivity index (χ1n) is 7.48. The van der Waals surface area contributed by atoms with E-state index in [-0.39, 0.29) is 29.7 Å². The summed E-state index contributed by atoms with van der Waals surface area (Å²) in [7, 11) is 1.66. The number of carbonyl (C=O) groups is 2. The van der Waals surface area contributed by atoms with E-state index in [0.717, 1.165) is 19.4 Å². The van der Waals surface area contributed by atoms with Gasteiger partial charge in [-0.25, -0.2) is 0 Å². The molecule has 2 aliphatic rings. The monoisotopic (exact) mass is 283 g/mol. The molecule has 2 atom stereocenters. The van der Waals surface area contributed by atoms with Crippen LogP contribution in [0.1, 0.15) is 19.8 Å². The van der Waals surface area contributed by atoms with Crippen molar-refractivity contribution >= 4 is 11.8 Å². The minimum Gasteiger partial charge on any atom is -0.379 e. The highest BCUT2D eigenvalue weighted by Crippen LogP contribution is 2.22. The molecule has 0 aliphatic carbocycles. The molecule has 2 heterocycles. The third-order valence-corrected chi connectivity index (χ3v) is 4.29. The van der Waals surface area contributed by atoms with Gasteiger partial charge in [0.15, 0.2) is 0 Å². The molecular weight excluding hydrogens is 258 g/mol. The maximum Gasteiger partial charge on any atom is 0.229 e. The van der Waals surface area contributed by atoms with E-state index in [2.05, 4.69) is 10.6 Å². The molecule has 2 unspecified atom stereocenters. The third kappa shape index (κ3) is 3.30. The van der Waals surface area contributed by atoms with Gasteiger partial charge in [0.25, 0.3) is 0 Å². The van der Waals surface area contributed by atoms with E-state index in [1.165, 1.54) is 0 Å². The number of rotatable bonds is 4. The maximum absolute atomic E-state index is 12.5. The summed E-state index contributed by atoms with van der Waals surface area (Å²) < 4.78 is 5.44. The van der Waals surface area contributed by atoms with Gasteiger partial charge in [0.05, 0.1) is 19.1 Å². The van der Waals surface area contributed by atoms with Crippen LogP contribution in [-0.4, -0.2) is 62.7 Å². The van der Waals surface area contributed by atoms with Crippen molar-refractivity contribution in [3.63, 3.8) is 0 Å². The first kappa shape index (κ1) is 15.3. The Bertz CT molecular complexity index is 354. The lowest BCUT2D eigenvalue weighted by molar-refractivity contribution is -0.139. The minimum absolute atomic E-state index is 0.0495. The molecule has 2 rings (SSSR count). The lowest BCUT2D eigenvalue weighted by Gasteiger charge is -2.33. The lowest BCUT2D eigenvalue weighted by atomic mass is 9.94. The molecule has 20 heavy (non-hydrogen) atoms. The Morgan fingerprint density at radius 2 is 1.95 bits per heavy atom. The number of piperidine rings is 1. The zero-order valence-electron chi connectivity index (χ0n) is 12.4. The van der Waals surface area contributed by atoms with Crippen molar-refractivity contribution in [2.75, 3.05) is 39.9 Å². The lowest BCUT2D eigenvalue weighted by Crippen LogP contribution is -2.49. The van der Waals surface area contributed by atoms with Crippen LogP contribution in [0.4, 0.5) is 0 Å². The fourth-order valence-electron chi connectivity index (χ4n) is 3.06. The smallest absolute Gasteiger partial charge is 0.229 e. The van der Waals surface area contributed by atoms with Crippen molar-refractivity contribution in [3.05, 3.63) is 0 Å². The van der Waals surface area contributed by atoms with Crippen molar-refractivity contribution in [1.82, 2.24) is 15.5 Å². The first-order chi connectivity index (χ1) is 9.67. The zero-order chi connectivity index (χ0) is 14.5. The van der Waals surface area contributed by atoms with Gasteiger partial charge in [-0.05, 0) is 19.4 Å². The fraction of sp³-hybridized carbons (Fsp3) is 0.857. The first-order valence-corrected chi connectivity index (χ1v) is 7.48. The summed E-state index contributed by atoms with van der Waals surface area (Å²) in [5.41, 5.74) is 0. The van der Waals surface area contributed by atoms with Crippen LogP contribution >= 0.6 is 0 Å². The molecule has 0 saturated carbocycles. The summed E-state index contributed by atoms with van der Waals surface area (Å²) in [5.74, 6) is 0.232. The Balaban J connectivity index is 1.86. The van der Waals surface area contributed by atoms with Gasteiger partial charge in [-0.2, -0.15) is 0 Å². The van der Waals surface area contributed by atoms with E-state index in [4.69, 9.17) is 4.74 Å². The van der Waals surface area contributed by atoms with Crippen molar-refractivity contribution in [1.29, 1.82) is 0 Å². The SMILES string of the molecule is CCNC1COCC1C(=O)N1CCC(C(=O)NC)CC1. The van der Waals surface area contributed by atoms with Gasteiger partial charge in [0.2, 0.25) is 11.8 Å². The van der Waals surface area contributed by atoms with Crippen LogP contribution in [0.3, 0.4) is 0 Å². The molecule has 2 saturated heterocycles. The Morgan fingerprint density at radius 3 is 2.55 bits per heavy atom. The van der Waals surface area contributed by atoms with E-state index in [1.807, 2.05) is 11.8 Å². The molecule has 2 fully saturated rings. The van der Waals surface area contributed by atoms with Crippen molar-refractivity contribution in [3.8, 4) is 0 Å². The Morgan fingerprint density at radius 1 is 1.25 bits per heavy atom. The number of likely N-dealkylation sites (N-methyl/N-ethyl adjacent to an activating group) is 1. The van der Waals surface area contributed by atoms with E-state index in [1.54, 1.807) is 7.05 Å². The minimum atomic E-state index is -0.0773. The average molecular weight is 283 g/mol. The number of carbonyl (C=O) groups excluding carboxylic acids is 2. The maximum atomic E-state index is 12.5. The van der Waals surface area contributed by atoms with E-state index >= 15 is 0 Å². The van der Waals surface area contributed by atoms with Crippen LogP contribution in [0.15, 0.2) is 0 Å². The van der Waals surface area contributed by atoms with Crippen LogP contribution in [-0.2, 0) is 14.3 Å². The number of ether oxygens (including phenoxy) is 1. The van der Waals surface area contributed by atoms with Gasteiger partial charge < -0.3 is 20.3 Å². The fourth-order valence-corrected chi connectivity index (χ4v) is 3.06. The summed E-state index contributed by atoms with van der Waals surface area (Å²) in [6.07, 6.45) is 1.51. The van der Waals surface area contributed by atoms with Crippen LogP contribution in [0.25, 0.3) is 0 Å². The quantitative estimate of drug-likeness (QED) is 0.736. The topological polar surface area (TPSA) is 70.7 Å². The summed E-state index contributed by atoms with van der Waals surface area (Å²) in [5, 5.41) is 6.00. The van der Waals surface area contributed by atoms with E-state index in [0.29, 0.717) is 26.3 Å². The normalized spacial score (nSPS) is 27.6. The van der Waals surface area contributed by atoms with Crippen molar-refractivity contribution in [2.45, 2.75) is 25.8 Å². The molecule has 0 aromatic rings. The second kappa shape index (κ2) is 7.04. The Labute approximate surface area is 120 Å². The van der Waals surface area contributed by atoms with Gasteiger partial charge in [-0.3, -0.25) is 9.59 Å². The van der Waals surface area contributed by atoms with Gasteiger partial charge in [0, 0.05) is 32.1 Å². The molecule has 0 aromatic heterocycles. The number of likely N-dealkylation sites (tertiary alicyclic amines) is 1. The Kier molecular flexibility index (Phi) is 5.37. The molecular formula is C14H25N3O3. The second-order valence-electron chi connectivity index (χ2n) is 5.52. The van der Waals surface area contributed by atoms with Crippen LogP contribution in [0.2, 0.25) is 0 Å². The van der Waals surface area contributed by atoms with Crippen LogP contribution in [0.5, 0.6) is 0 Å². The highest BCUT2D eigenvalue weighted by atomic mass is 16.5. The predicted molar refractivity (Wildman–Crippen MR) is 75.1 cm³/mol. The number of hydrogen-bond acceptors (Lipinski definition) is 4. The molecule has 0 spiro atoms. The predicted octanol–water partition coefficient (Wildman–Crippen LogP) is -0.404. The highest BCUT2D eigenvalue weighted by molar-refractivity contribution is 5.81. The molecule has 6 nitrogen and oxygen atoms in total. The third-order valence-electron chi connectivity index (χ3n) is 4.29. The van der Waals surface area contributed by atoms with E-state index in [9.17, 15) is 9.59 Å². The van der Waals surface area contributed by atoms with E-state index < -0.39 is 0 Å². The Hall–Kier alpha value is -1.14. The highest BCUT2D eigenvalue weighted by Gasteiger charge is 2.37. The van der Waals surface area contributed by atoms with Gasteiger partial charge >= 0.3 is 0 Å². The van der Waals surface area contributed by atoms with Crippen LogP contribution < -0.4 is 10.6 Å². The average Bonchev–Trinajstić information content (AvgIpc) is 2.94. The summed E-state index contributed by atoms with van der Waals surface area (Å²) in [6.45, 7) is 5.34. The second-order valence-corrected chi connectivity index (χ2v) is 5.52. The van der Waals surface area contributed by atoms with Gasteiger partial charge in [-0.15, -0.1) is 0 Å². The summed E-state index contributed by atoms with van der Waals surface area (Å²) in [4.78, 5) is 26.0. The van der Waals surface area contributed by atoms with Crippen molar-refractivity contribution in [2.24, 2.45) is 11.8 Å². The molecule has 2 N–H and O–H groups in total. The van der Waals surface area contributed by atoms with Crippen LogP contribution in [0, 0.1) is 11.8 Å². The molecule has 2 amide bonds. The van der Waals surface area contributed by atoms with Gasteiger partial charge in [-0.1, -0.05) is 6.92 Å². The number of nitrogens with zero attached hydrogens (tertiary/aromatic N) is 1. The van der Waals surface area contributed by atoms with Crippen molar-refractivity contribution < 1.29 is 14.3 Å². The molecule has 6 heteroatoms. The zero-order valence-corrected chi connectivity index (χ0v) is 12.4.